The van der Waals surface area contributed by atoms with Crippen LogP contribution in [0.15, 0.2) is 0 Å². The van der Waals surface area contributed by atoms with E-state index in [-0.39, 0.29) is 11.5 Å². The Morgan fingerprint density at radius 2 is 1.72 bits per heavy atom. The minimum Gasteiger partial charge on any atom is -0.392 e. The van der Waals surface area contributed by atoms with Crippen molar-refractivity contribution < 1.29 is 5.11 Å². The van der Waals surface area contributed by atoms with Gasteiger partial charge in [0.15, 0.2) is 0 Å². The molecule has 1 heterocycles. The van der Waals surface area contributed by atoms with Crippen LogP contribution in [-0.2, 0) is 0 Å². The second-order valence-corrected chi connectivity index (χ2v) is 7.05. The normalized spacial score (nSPS) is 21.2. The molecule has 0 saturated carbocycles. The van der Waals surface area contributed by atoms with Gasteiger partial charge in [0, 0.05) is 0 Å². The van der Waals surface area contributed by atoms with Crippen molar-refractivity contribution in [2.75, 3.05) is 19.6 Å². The lowest BCUT2D eigenvalue weighted by molar-refractivity contribution is -0.0134. The average molecular weight is 255 g/mol. The van der Waals surface area contributed by atoms with Gasteiger partial charge in [-0.2, -0.15) is 0 Å². The second-order valence-electron chi connectivity index (χ2n) is 7.05. The minimum absolute atomic E-state index is 0.0357. The van der Waals surface area contributed by atoms with E-state index in [1.165, 1.54) is 58.2 Å². The molecule has 0 bridgehead atoms. The lowest BCUT2D eigenvalue weighted by Crippen LogP contribution is -2.42. The molecule has 0 aromatic carbocycles. The molecule has 0 spiro atoms. The van der Waals surface area contributed by atoms with Gasteiger partial charge in [-0.05, 0) is 50.2 Å². The van der Waals surface area contributed by atoms with Crippen molar-refractivity contribution in [3.8, 4) is 0 Å². The van der Waals surface area contributed by atoms with Gasteiger partial charge in [0.1, 0.15) is 0 Å². The lowest BCUT2D eigenvalue weighted by atomic mass is 9.77. The Balaban J connectivity index is 2.20. The molecule has 1 N–H and O–H groups in total. The van der Waals surface area contributed by atoms with Gasteiger partial charge >= 0.3 is 0 Å². The molecule has 1 aliphatic heterocycles. The van der Waals surface area contributed by atoms with Crippen molar-refractivity contribution in [1.82, 2.24) is 4.90 Å². The summed E-state index contributed by atoms with van der Waals surface area (Å²) in [5.74, 6) is 0.511. The Labute approximate surface area is 114 Å². The summed E-state index contributed by atoms with van der Waals surface area (Å²) in [4.78, 5) is 2.58. The van der Waals surface area contributed by atoms with Crippen LogP contribution in [-0.4, -0.2) is 35.7 Å². The molecule has 0 amide bonds. The first-order chi connectivity index (χ1) is 8.45. The molecule has 1 atom stereocenters. The Morgan fingerprint density at radius 3 is 2.22 bits per heavy atom. The summed E-state index contributed by atoms with van der Waals surface area (Å²) in [6.45, 7) is 12.3. The summed E-state index contributed by atoms with van der Waals surface area (Å²) >= 11 is 0. The average Bonchev–Trinajstić information content (AvgIpc) is 2.33. The molecule has 2 heteroatoms. The van der Waals surface area contributed by atoms with Crippen LogP contribution in [0.5, 0.6) is 0 Å². The molecule has 0 aliphatic carbocycles. The smallest absolute Gasteiger partial charge is 0.0617 e. The number of aliphatic hydroxyl groups is 1. The van der Waals surface area contributed by atoms with Crippen molar-refractivity contribution in [2.24, 2.45) is 11.3 Å². The van der Waals surface area contributed by atoms with Crippen LogP contribution in [0.4, 0.5) is 0 Å². The van der Waals surface area contributed by atoms with Gasteiger partial charge < -0.3 is 10.0 Å². The molecule has 108 valence electrons. The molecule has 1 unspecified atom stereocenters. The summed E-state index contributed by atoms with van der Waals surface area (Å²) in [5.41, 5.74) is 0.0357. The van der Waals surface area contributed by atoms with Crippen molar-refractivity contribution in [2.45, 2.75) is 72.3 Å². The highest BCUT2D eigenvalue weighted by atomic mass is 16.3. The SMILES string of the molecule is CCCCCCN1CCC(C(O)C(C)(C)C)CC1. The van der Waals surface area contributed by atoms with Crippen molar-refractivity contribution in [1.29, 1.82) is 0 Å². The molecule has 1 saturated heterocycles. The third kappa shape index (κ3) is 5.27. The fourth-order valence-electron chi connectivity index (χ4n) is 2.96. The predicted molar refractivity (Wildman–Crippen MR) is 78.8 cm³/mol. The highest BCUT2D eigenvalue weighted by Crippen LogP contribution is 2.31. The lowest BCUT2D eigenvalue weighted by Gasteiger charge is -2.39. The van der Waals surface area contributed by atoms with Gasteiger partial charge in [0.05, 0.1) is 6.10 Å². The van der Waals surface area contributed by atoms with Gasteiger partial charge in [-0.15, -0.1) is 0 Å². The first kappa shape index (κ1) is 16.0. The maximum absolute atomic E-state index is 10.3. The van der Waals surface area contributed by atoms with E-state index in [4.69, 9.17) is 0 Å². The molecular weight excluding hydrogens is 222 g/mol. The molecule has 0 aromatic rings. The third-order valence-corrected chi connectivity index (χ3v) is 4.29. The molecule has 1 rings (SSSR count). The third-order valence-electron chi connectivity index (χ3n) is 4.29. The van der Waals surface area contributed by atoms with Crippen LogP contribution in [0.1, 0.15) is 66.2 Å². The minimum atomic E-state index is -0.139. The maximum Gasteiger partial charge on any atom is 0.0617 e. The molecule has 2 nitrogen and oxygen atoms in total. The molecule has 1 fully saturated rings. The summed E-state index contributed by atoms with van der Waals surface area (Å²) in [5, 5.41) is 10.3. The van der Waals surface area contributed by atoms with Gasteiger partial charge in [0.2, 0.25) is 0 Å². The van der Waals surface area contributed by atoms with E-state index in [2.05, 4.69) is 32.6 Å². The first-order valence-corrected chi connectivity index (χ1v) is 7.85. The quantitative estimate of drug-likeness (QED) is 0.732. The predicted octanol–water partition coefficient (Wildman–Crippen LogP) is 3.69. The van der Waals surface area contributed by atoms with E-state index in [1.807, 2.05) is 0 Å². The van der Waals surface area contributed by atoms with Gasteiger partial charge in [-0.1, -0.05) is 47.0 Å². The fraction of sp³-hybridized carbons (Fsp3) is 1.00. The second kappa shape index (κ2) is 7.49. The van der Waals surface area contributed by atoms with Crippen molar-refractivity contribution >= 4 is 0 Å². The van der Waals surface area contributed by atoms with Gasteiger partial charge in [-0.3, -0.25) is 0 Å². The molecule has 18 heavy (non-hydrogen) atoms. The highest BCUT2D eigenvalue weighted by Gasteiger charge is 2.32. The number of aliphatic hydroxyl groups excluding tert-OH is 1. The van der Waals surface area contributed by atoms with Crippen LogP contribution >= 0.6 is 0 Å². The molecular formula is C16H33NO. The van der Waals surface area contributed by atoms with Crippen LogP contribution in [0.3, 0.4) is 0 Å². The monoisotopic (exact) mass is 255 g/mol. The van der Waals surface area contributed by atoms with Crippen LogP contribution in [0.2, 0.25) is 0 Å². The highest BCUT2D eigenvalue weighted by molar-refractivity contribution is 4.84. The zero-order valence-electron chi connectivity index (χ0n) is 12.9. The Morgan fingerprint density at radius 1 is 1.11 bits per heavy atom. The Bertz CT molecular complexity index is 214. The van der Waals surface area contributed by atoms with Crippen LogP contribution in [0.25, 0.3) is 0 Å². The van der Waals surface area contributed by atoms with E-state index in [0.29, 0.717) is 5.92 Å². The van der Waals surface area contributed by atoms with Crippen molar-refractivity contribution in [3.05, 3.63) is 0 Å². The topological polar surface area (TPSA) is 23.5 Å². The number of likely N-dealkylation sites (tertiary alicyclic amines) is 1. The number of rotatable bonds is 6. The van der Waals surface area contributed by atoms with E-state index in [0.717, 1.165) is 0 Å². The summed E-state index contributed by atoms with van der Waals surface area (Å²) in [6, 6.07) is 0. The molecule has 0 radical (unpaired) electrons. The number of nitrogens with zero attached hydrogens (tertiary/aromatic N) is 1. The van der Waals surface area contributed by atoms with E-state index >= 15 is 0 Å². The Hall–Kier alpha value is -0.0800. The number of hydrogen-bond donors (Lipinski definition) is 1. The van der Waals surface area contributed by atoms with Gasteiger partial charge in [0.25, 0.3) is 0 Å². The van der Waals surface area contributed by atoms with E-state index in [1.54, 1.807) is 0 Å². The summed E-state index contributed by atoms with van der Waals surface area (Å²) in [7, 11) is 0. The zero-order valence-corrected chi connectivity index (χ0v) is 12.9. The summed E-state index contributed by atoms with van der Waals surface area (Å²) < 4.78 is 0. The van der Waals surface area contributed by atoms with Crippen LogP contribution in [0, 0.1) is 11.3 Å². The number of piperidine rings is 1. The fourth-order valence-corrected chi connectivity index (χ4v) is 2.96. The maximum atomic E-state index is 10.3. The summed E-state index contributed by atoms with van der Waals surface area (Å²) in [6.07, 6.45) is 7.62. The van der Waals surface area contributed by atoms with Crippen molar-refractivity contribution in [3.63, 3.8) is 0 Å². The number of hydrogen-bond acceptors (Lipinski definition) is 2. The number of unbranched alkanes of at least 4 members (excludes halogenated alkanes) is 3. The van der Waals surface area contributed by atoms with E-state index < -0.39 is 0 Å². The standard InChI is InChI=1S/C16H33NO/c1-5-6-7-8-11-17-12-9-14(10-13-17)15(18)16(2,3)4/h14-15,18H,5-13H2,1-4H3. The van der Waals surface area contributed by atoms with E-state index in [9.17, 15) is 5.11 Å². The zero-order chi connectivity index (χ0) is 13.6. The Kier molecular flexibility index (Phi) is 6.65. The van der Waals surface area contributed by atoms with Crippen LogP contribution < -0.4 is 0 Å². The molecule has 1 aliphatic rings. The first-order valence-electron chi connectivity index (χ1n) is 7.85. The van der Waals surface area contributed by atoms with Gasteiger partial charge in [-0.25, -0.2) is 0 Å². The largest absolute Gasteiger partial charge is 0.392 e. The molecule has 0 aromatic heterocycles.